The molecule has 0 spiro atoms. The Morgan fingerprint density at radius 1 is 1.03 bits per heavy atom. The minimum atomic E-state index is -0.675. The Balaban J connectivity index is 1.41. The molecule has 9 nitrogen and oxygen atoms in total. The molecular weight excluding hydrogens is 466 g/mol. The first-order chi connectivity index (χ1) is 17.9. The van der Waals surface area contributed by atoms with Crippen LogP contribution in [0, 0.1) is 6.92 Å². The molecule has 6 rings (SSSR count). The third-order valence-corrected chi connectivity index (χ3v) is 7.21. The van der Waals surface area contributed by atoms with Crippen molar-refractivity contribution in [3.63, 3.8) is 0 Å². The summed E-state index contributed by atoms with van der Waals surface area (Å²) in [6.07, 6.45) is 2.72. The number of primary amides is 1. The highest BCUT2D eigenvalue weighted by Crippen LogP contribution is 2.39. The van der Waals surface area contributed by atoms with E-state index in [0.717, 1.165) is 33.4 Å². The summed E-state index contributed by atoms with van der Waals surface area (Å²) in [7, 11) is 0. The van der Waals surface area contributed by atoms with Crippen LogP contribution in [0.15, 0.2) is 79.1 Å². The van der Waals surface area contributed by atoms with Gasteiger partial charge in [-0.25, -0.2) is 4.68 Å². The van der Waals surface area contributed by atoms with Crippen molar-refractivity contribution in [2.45, 2.75) is 31.8 Å². The summed E-state index contributed by atoms with van der Waals surface area (Å²) in [4.78, 5) is 26.1. The van der Waals surface area contributed by atoms with Crippen LogP contribution < -0.4 is 11.1 Å². The van der Waals surface area contributed by atoms with Gasteiger partial charge in [-0.2, -0.15) is 0 Å². The fourth-order valence-corrected chi connectivity index (χ4v) is 5.42. The van der Waals surface area contributed by atoms with Gasteiger partial charge in [0.15, 0.2) is 0 Å². The molecule has 184 valence electrons. The molecule has 0 saturated carbocycles. The second-order valence-corrected chi connectivity index (χ2v) is 9.50. The van der Waals surface area contributed by atoms with Gasteiger partial charge in [0, 0.05) is 22.2 Å². The first-order valence-corrected chi connectivity index (χ1v) is 12.1. The molecule has 0 fully saturated rings. The summed E-state index contributed by atoms with van der Waals surface area (Å²) >= 11 is 0. The van der Waals surface area contributed by atoms with E-state index < -0.39 is 11.4 Å². The van der Waals surface area contributed by atoms with E-state index in [1.165, 1.54) is 11.0 Å². The molecule has 0 aliphatic carbocycles. The van der Waals surface area contributed by atoms with Gasteiger partial charge < -0.3 is 15.6 Å². The third kappa shape index (κ3) is 3.85. The van der Waals surface area contributed by atoms with E-state index in [4.69, 9.17) is 5.73 Å². The Morgan fingerprint density at radius 2 is 1.81 bits per heavy atom. The molecule has 5 aromatic rings. The van der Waals surface area contributed by atoms with E-state index in [-0.39, 0.29) is 5.91 Å². The maximum Gasteiger partial charge on any atom is 0.252 e. The Hall–Kier alpha value is -4.79. The first-order valence-electron chi connectivity index (χ1n) is 12.1. The number of aromatic nitrogens is 5. The Kier molecular flexibility index (Phi) is 5.33. The molecule has 0 bridgehead atoms. The second kappa shape index (κ2) is 8.70. The van der Waals surface area contributed by atoms with Crippen LogP contribution >= 0.6 is 0 Å². The van der Waals surface area contributed by atoms with Gasteiger partial charge in [0.2, 0.25) is 0 Å². The van der Waals surface area contributed by atoms with Crippen molar-refractivity contribution in [1.29, 1.82) is 0 Å². The smallest absolute Gasteiger partial charge is 0.252 e. The van der Waals surface area contributed by atoms with Crippen LogP contribution in [-0.4, -0.2) is 36.6 Å². The number of amides is 2. The normalized spacial score (nSPS) is 16.9. The molecule has 3 heterocycles. The lowest BCUT2D eigenvalue weighted by Crippen LogP contribution is -2.51. The van der Waals surface area contributed by atoms with Crippen molar-refractivity contribution >= 4 is 22.7 Å². The number of tetrazole rings is 1. The summed E-state index contributed by atoms with van der Waals surface area (Å²) in [5.74, 6) is -0.610. The van der Waals surface area contributed by atoms with Crippen molar-refractivity contribution in [2.24, 2.45) is 5.73 Å². The van der Waals surface area contributed by atoms with Gasteiger partial charge in [0.25, 0.3) is 11.8 Å². The SMILES string of the molecule is Cc1ccc2c(c1)c(C(N)=O)c1n2C[C@@](NC(=O)c2ccc(-n3cnnn3)cc2)(c2ccccc2)CC1. The molecule has 1 atom stereocenters. The number of carbonyl (C=O) groups excluding carboxylic acids is 2. The average Bonchev–Trinajstić information content (AvgIpc) is 3.55. The van der Waals surface area contributed by atoms with Gasteiger partial charge >= 0.3 is 0 Å². The van der Waals surface area contributed by atoms with Crippen LogP contribution in [-0.2, 0) is 18.5 Å². The fourth-order valence-electron chi connectivity index (χ4n) is 5.42. The van der Waals surface area contributed by atoms with Gasteiger partial charge in [0.1, 0.15) is 6.33 Å². The quantitative estimate of drug-likeness (QED) is 0.391. The average molecular weight is 492 g/mol. The van der Waals surface area contributed by atoms with Crippen LogP contribution in [0.3, 0.4) is 0 Å². The Labute approximate surface area is 212 Å². The number of nitrogens with zero attached hydrogens (tertiary/aromatic N) is 5. The van der Waals surface area contributed by atoms with Crippen molar-refractivity contribution in [2.75, 3.05) is 0 Å². The molecule has 0 saturated heterocycles. The number of rotatable bonds is 5. The van der Waals surface area contributed by atoms with Gasteiger partial charge in [-0.05, 0) is 72.2 Å². The molecule has 3 N–H and O–H groups in total. The van der Waals surface area contributed by atoms with Crippen molar-refractivity contribution < 1.29 is 9.59 Å². The summed E-state index contributed by atoms with van der Waals surface area (Å²) in [6, 6.07) is 23.2. The van der Waals surface area contributed by atoms with Crippen LogP contribution in [0.25, 0.3) is 16.6 Å². The van der Waals surface area contributed by atoms with E-state index in [0.29, 0.717) is 30.5 Å². The number of fused-ring (bicyclic) bond motifs is 3. The monoisotopic (exact) mass is 491 g/mol. The van der Waals surface area contributed by atoms with Gasteiger partial charge in [-0.3, -0.25) is 9.59 Å². The number of nitrogens with one attached hydrogen (secondary N) is 1. The standard InChI is InChI=1S/C28H25N7O2/c1-18-7-12-23-22(15-18)25(26(29)36)24-13-14-28(16-34(23)24,20-5-3-2-4-6-20)31-27(37)19-8-10-21(11-9-19)35-17-30-32-33-35/h2-12,15,17H,13-14,16H2,1H3,(H2,29,36)(H,31,37)/t28-/m1/s1. The number of hydrogen-bond acceptors (Lipinski definition) is 5. The van der Waals surface area contributed by atoms with E-state index >= 15 is 0 Å². The summed E-state index contributed by atoms with van der Waals surface area (Å²) < 4.78 is 3.68. The maximum absolute atomic E-state index is 13.6. The zero-order valence-electron chi connectivity index (χ0n) is 20.3. The molecule has 0 radical (unpaired) electrons. The number of benzene rings is 3. The largest absolute Gasteiger partial charge is 0.366 e. The van der Waals surface area contributed by atoms with E-state index in [2.05, 4.69) is 25.4 Å². The maximum atomic E-state index is 13.6. The van der Waals surface area contributed by atoms with Crippen molar-refractivity contribution in [3.8, 4) is 5.69 Å². The van der Waals surface area contributed by atoms with Gasteiger partial charge in [0.05, 0.1) is 23.3 Å². The lowest BCUT2D eigenvalue weighted by atomic mass is 9.81. The van der Waals surface area contributed by atoms with Crippen molar-refractivity contribution in [3.05, 3.63) is 107 Å². The highest BCUT2D eigenvalue weighted by atomic mass is 16.2. The van der Waals surface area contributed by atoms with Gasteiger partial charge in [-0.15, -0.1) is 5.10 Å². The third-order valence-electron chi connectivity index (χ3n) is 7.21. The second-order valence-electron chi connectivity index (χ2n) is 9.50. The van der Waals surface area contributed by atoms with E-state index in [9.17, 15) is 9.59 Å². The van der Waals surface area contributed by atoms with Crippen LogP contribution in [0.5, 0.6) is 0 Å². The summed E-state index contributed by atoms with van der Waals surface area (Å²) in [5.41, 5.74) is 11.0. The first kappa shape index (κ1) is 22.7. The molecule has 2 amide bonds. The molecule has 1 aliphatic heterocycles. The molecule has 37 heavy (non-hydrogen) atoms. The highest BCUT2D eigenvalue weighted by Gasteiger charge is 2.40. The minimum Gasteiger partial charge on any atom is -0.366 e. The molecule has 9 heteroatoms. The topological polar surface area (TPSA) is 121 Å². The van der Waals surface area contributed by atoms with Crippen LogP contribution in [0.2, 0.25) is 0 Å². The Morgan fingerprint density at radius 3 is 2.51 bits per heavy atom. The van der Waals surface area contributed by atoms with E-state index in [1.54, 1.807) is 24.3 Å². The summed E-state index contributed by atoms with van der Waals surface area (Å²) in [5, 5.41) is 15.4. The molecule has 3 aromatic carbocycles. The minimum absolute atomic E-state index is 0.182. The lowest BCUT2D eigenvalue weighted by Gasteiger charge is -2.40. The Bertz CT molecular complexity index is 1620. The molecule has 0 unspecified atom stereocenters. The van der Waals surface area contributed by atoms with Gasteiger partial charge in [-0.1, -0.05) is 42.0 Å². The number of aryl methyl sites for hydroxylation is 1. The van der Waals surface area contributed by atoms with Crippen molar-refractivity contribution in [1.82, 2.24) is 30.1 Å². The lowest BCUT2D eigenvalue weighted by molar-refractivity contribution is 0.0865. The van der Waals surface area contributed by atoms with Crippen LogP contribution in [0.1, 0.15) is 44.0 Å². The molecule has 1 aliphatic rings. The summed E-state index contributed by atoms with van der Waals surface area (Å²) in [6.45, 7) is 2.48. The zero-order valence-corrected chi connectivity index (χ0v) is 20.3. The van der Waals surface area contributed by atoms with Crippen LogP contribution in [0.4, 0.5) is 0 Å². The highest BCUT2D eigenvalue weighted by molar-refractivity contribution is 6.08. The predicted octanol–water partition coefficient (Wildman–Crippen LogP) is 3.30. The molecule has 2 aromatic heterocycles. The van der Waals surface area contributed by atoms with E-state index in [1.807, 2.05) is 55.5 Å². The molecular formula is C28H25N7O2. The predicted molar refractivity (Wildman–Crippen MR) is 138 cm³/mol. The zero-order chi connectivity index (χ0) is 25.6. The number of carbonyl (C=O) groups is 2. The number of nitrogens with two attached hydrogens (primary N) is 1. The number of hydrogen-bond donors (Lipinski definition) is 2. The fraction of sp³-hybridized carbons (Fsp3) is 0.179.